The fourth-order valence-electron chi connectivity index (χ4n) is 3.43. The molecule has 3 aromatic rings. The van der Waals surface area contributed by atoms with Gasteiger partial charge in [0.05, 0.1) is 0 Å². The van der Waals surface area contributed by atoms with Gasteiger partial charge in [-0.1, -0.05) is 12.1 Å². The van der Waals surface area contributed by atoms with Gasteiger partial charge in [0.25, 0.3) is 0 Å². The first-order chi connectivity index (χ1) is 12.3. The molecule has 0 spiro atoms. The normalized spacial score (nSPS) is 15.8. The number of nitrogens with zero attached hydrogens (tertiary/aromatic N) is 3. The van der Waals surface area contributed by atoms with Crippen LogP contribution in [-0.4, -0.2) is 48.1 Å². The SMILES string of the molecule is CN1CCN(c2cc(CNCc3cccc4[nH]ccc34)ccn2)CC1. The van der Waals surface area contributed by atoms with E-state index in [2.05, 4.69) is 68.5 Å². The second-order valence-corrected chi connectivity index (χ2v) is 6.77. The van der Waals surface area contributed by atoms with Gasteiger partial charge in [-0.05, 0) is 42.4 Å². The van der Waals surface area contributed by atoms with Gasteiger partial charge in [-0.2, -0.15) is 0 Å². The third kappa shape index (κ3) is 3.67. The number of anilines is 1. The van der Waals surface area contributed by atoms with Crippen LogP contribution in [0, 0.1) is 0 Å². The average molecular weight is 335 g/mol. The standard InChI is InChI=1S/C20H25N5/c1-24-9-11-25(12-10-24)20-13-16(5-7-23-20)14-21-15-17-3-2-4-19-18(17)6-8-22-19/h2-8,13,21-22H,9-12,14-15H2,1H3. The summed E-state index contributed by atoms with van der Waals surface area (Å²) in [6.07, 6.45) is 3.93. The van der Waals surface area contributed by atoms with Crippen LogP contribution >= 0.6 is 0 Å². The molecule has 0 aliphatic carbocycles. The summed E-state index contributed by atoms with van der Waals surface area (Å²) >= 11 is 0. The van der Waals surface area contributed by atoms with Gasteiger partial charge in [-0.3, -0.25) is 0 Å². The lowest BCUT2D eigenvalue weighted by Crippen LogP contribution is -2.44. The number of benzene rings is 1. The molecular weight excluding hydrogens is 310 g/mol. The van der Waals surface area contributed by atoms with Crippen LogP contribution in [0.4, 0.5) is 5.82 Å². The maximum absolute atomic E-state index is 4.56. The quantitative estimate of drug-likeness (QED) is 0.752. The minimum Gasteiger partial charge on any atom is -0.361 e. The molecule has 0 saturated carbocycles. The Morgan fingerprint density at radius 3 is 2.84 bits per heavy atom. The van der Waals surface area contributed by atoms with Crippen molar-refractivity contribution in [3.05, 3.63) is 59.9 Å². The molecule has 0 radical (unpaired) electrons. The Morgan fingerprint density at radius 1 is 1.08 bits per heavy atom. The summed E-state index contributed by atoms with van der Waals surface area (Å²) < 4.78 is 0. The number of likely N-dealkylation sites (N-methyl/N-ethyl adjacent to an activating group) is 1. The van der Waals surface area contributed by atoms with Crippen LogP contribution in [0.2, 0.25) is 0 Å². The van der Waals surface area contributed by atoms with Crippen LogP contribution in [0.15, 0.2) is 48.8 Å². The molecule has 25 heavy (non-hydrogen) atoms. The lowest BCUT2D eigenvalue weighted by Gasteiger charge is -2.33. The van der Waals surface area contributed by atoms with Gasteiger partial charge in [0.1, 0.15) is 5.82 Å². The highest BCUT2D eigenvalue weighted by molar-refractivity contribution is 5.82. The van der Waals surface area contributed by atoms with E-state index >= 15 is 0 Å². The number of hydrogen-bond donors (Lipinski definition) is 2. The molecule has 1 aliphatic heterocycles. The van der Waals surface area contributed by atoms with Gasteiger partial charge >= 0.3 is 0 Å². The van der Waals surface area contributed by atoms with E-state index in [1.807, 2.05) is 12.4 Å². The molecule has 3 heterocycles. The number of aromatic nitrogens is 2. The second-order valence-electron chi connectivity index (χ2n) is 6.77. The maximum atomic E-state index is 4.56. The Hall–Kier alpha value is -2.37. The van der Waals surface area contributed by atoms with Crippen LogP contribution in [0.3, 0.4) is 0 Å². The largest absolute Gasteiger partial charge is 0.361 e. The molecule has 1 fully saturated rings. The van der Waals surface area contributed by atoms with Crippen molar-refractivity contribution in [1.29, 1.82) is 0 Å². The van der Waals surface area contributed by atoms with Gasteiger partial charge in [-0.15, -0.1) is 0 Å². The minimum absolute atomic E-state index is 0.851. The molecule has 1 saturated heterocycles. The van der Waals surface area contributed by atoms with E-state index in [1.165, 1.54) is 22.0 Å². The molecule has 5 heteroatoms. The van der Waals surface area contributed by atoms with Crippen molar-refractivity contribution < 1.29 is 0 Å². The van der Waals surface area contributed by atoms with Crippen LogP contribution in [0.1, 0.15) is 11.1 Å². The molecule has 1 aliphatic rings. The Kier molecular flexibility index (Phi) is 4.68. The van der Waals surface area contributed by atoms with E-state index in [1.54, 1.807) is 0 Å². The van der Waals surface area contributed by atoms with Crippen molar-refractivity contribution in [2.75, 3.05) is 38.1 Å². The van der Waals surface area contributed by atoms with Crippen LogP contribution in [0.25, 0.3) is 10.9 Å². The van der Waals surface area contributed by atoms with Crippen LogP contribution in [-0.2, 0) is 13.1 Å². The highest BCUT2D eigenvalue weighted by Crippen LogP contribution is 2.18. The second kappa shape index (κ2) is 7.25. The molecule has 4 rings (SSSR count). The summed E-state index contributed by atoms with van der Waals surface area (Å²) in [4.78, 5) is 12.6. The highest BCUT2D eigenvalue weighted by Gasteiger charge is 2.15. The van der Waals surface area contributed by atoms with E-state index in [4.69, 9.17) is 0 Å². The number of nitrogens with one attached hydrogen (secondary N) is 2. The van der Waals surface area contributed by atoms with Crippen LogP contribution in [0.5, 0.6) is 0 Å². The Bertz CT molecular complexity index is 833. The summed E-state index contributed by atoms with van der Waals surface area (Å²) in [5.74, 6) is 1.10. The molecule has 5 nitrogen and oxygen atoms in total. The van der Waals surface area contributed by atoms with E-state index in [9.17, 15) is 0 Å². The third-order valence-electron chi connectivity index (χ3n) is 4.97. The van der Waals surface area contributed by atoms with E-state index in [0.29, 0.717) is 0 Å². The smallest absolute Gasteiger partial charge is 0.128 e. The number of hydrogen-bond acceptors (Lipinski definition) is 4. The summed E-state index contributed by atoms with van der Waals surface area (Å²) in [6, 6.07) is 12.9. The summed E-state index contributed by atoms with van der Waals surface area (Å²) in [6.45, 7) is 6.02. The number of H-pyrrole nitrogens is 1. The molecule has 0 bridgehead atoms. The monoisotopic (exact) mass is 335 g/mol. The van der Waals surface area contributed by atoms with Gasteiger partial charge in [-0.25, -0.2) is 4.98 Å². The highest BCUT2D eigenvalue weighted by atomic mass is 15.3. The predicted octanol–water partition coefficient (Wildman–Crippen LogP) is 2.60. The van der Waals surface area contributed by atoms with Crippen molar-refractivity contribution in [3.63, 3.8) is 0 Å². The van der Waals surface area contributed by atoms with E-state index < -0.39 is 0 Å². The maximum Gasteiger partial charge on any atom is 0.128 e. The van der Waals surface area contributed by atoms with Gasteiger partial charge in [0.15, 0.2) is 0 Å². The molecule has 0 atom stereocenters. The molecule has 1 aromatic carbocycles. The topological polar surface area (TPSA) is 47.2 Å². The van der Waals surface area contributed by atoms with Crippen molar-refractivity contribution in [1.82, 2.24) is 20.2 Å². The molecule has 2 N–H and O–H groups in total. The molecule has 2 aromatic heterocycles. The third-order valence-corrected chi connectivity index (χ3v) is 4.97. The van der Waals surface area contributed by atoms with Gasteiger partial charge in [0, 0.05) is 62.6 Å². The zero-order chi connectivity index (χ0) is 17.1. The number of fused-ring (bicyclic) bond motifs is 1. The molecular formula is C20H25N5. The lowest BCUT2D eigenvalue weighted by atomic mass is 10.1. The average Bonchev–Trinajstić information content (AvgIpc) is 3.12. The predicted molar refractivity (Wildman–Crippen MR) is 103 cm³/mol. The Balaban J connectivity index is 1.38. The first-order valence-electron chi connectivity index (χ1n) is 8.94. The zero-order valence-electron chi connectivity index (χ0n) is 14.7. The minimum atomic E-state index is 0.851. The van der Waals surface area contributed by atoms with Crippen molar-refractivity contribution in [3.8, 4) is 0 Å². The Morgan fingerprint density at radius 2 is 1.96 bits per heavy atom. The number of piperazine rings is 1. The van der Waals surface area contributed by atoms with E-state index in [0.717, 1.165) is 45.1 Å². The zero-order valence-corrected chi connectivity index (χ0v) is 14.7. The fraction of sp³-hybridized carbons (Fsp3) is 0.350. The number of aromatic amines is 1. The summed E-state index contributed by atoms with van der Waals surface area (Å²) in [5, 5.41) is 4.86. The van der Waals surface area contributed by atoms with E-state index in [-0.39, 0.29) is 0 Å². The lowest BCUT2D eigenvalue weighted by molar-refractivity contribution is 0.312. The fourth-order valence-corrected chi connectivity index (χ4v) is 3.43. The van der Waals surface area contributed by atoms with Crippen molar-refractivity contribution in [2.45, 2.75) is 13.1 Å². The number of rotatable bonds is 5. The summed E-state index contributed by atoms with van der Waals surface area (Å²) in [7, 11) is 2.18. The number of pyridine rings is 1. The van der Waals surface area contributed by atoms with Crippen LogP contribution < -0.4 is 10.2 Å². The molecule has 130 valence electrons. The van der Waals surface area contributed by atoms with Gasteiger partial charge in [0.2, 0.25) is 0 Å². The first kappa shape index (κ1) is 16.1. The summed E-state index contributed by atoms with van der Waals surface area (Å²) in [5.41, 5.74) is 3.80. The van der Waals surface area contributed by atoms with Gasteiger partial charge < -0.3 is 20.1 Å². The molecule has 0 unspecified atom stereocenters. The van der Waals surface area contributed by atoms with Crippen molar-refractivity contribution in [2.24, 2.45) is 0 Å². The Labute approximate surface area is 148 Å². The van der Waals surface area contributed by atoms with Crippen molar-refractivity contribution >= 4 is 16.7 Å². The first-order valence-corrected chi connectivity index (χ1v) is 8.94. The molecule has 0 amide bonds.